The monoisotopic (exact) mass is 348 g/mol. The molecule has 132 valence electrons. The molecular formula is C21H20N2O3. The van der Waals surface area contributed by atoms with Gasteiger partial charge < -0.3 is 15.1 Å². The zero-order valence-electron chi connectivity index (χ0n) is 14.7. The summed E-state index contributed by atoms with van der Waals surface area (Å²) >= 11 is 0. The van der Waals surface area contributed by atoms with E-state index in [-0.39, 0.29) is 11.5 Å². The van der Waals surface area contributed by atoms with E-state index in [4.69, 9.17) is 4.42 Å². The molecule has 1 heterocycles. The highest BCUT2D eigenvalue weighted by Gasteiger charge is 2.24. The van der Waals surface area contributed by atoms with Crippen molar-refractivity contribution in [3.8, 4) is 0 Å². The first-order valence-corrected chi connectivity index (χ1v) is 8.32. The average molecular weight is 348 g/mol. The van der Waals surface area contributed by atoms with Gasteiger partial charge in [-0.25, -0.2) is 0 Å². The maximum absolute atomic E-state index is 13.0. The summed E-state index contributed by atoms with van der Waals surface area (Å²) in [4.78, 5) is 25.4. The molecule has 26 heavy (non-hydrogen) atoms. The third kappa shape index (κ3) is 4.00. The normalized spacial score (nSPS) is 11.6. The number of para-hydroxylation sites is 1. The van der Waals surface area contributed by atoms with Crippen molar-refractivity contribution in [2.24, 2.45) is 0 Å². The molecule has 1 amide bonds. The molecule has 0 aliphatic carbocycles. The number of carbonyl (C=O) groups is 2. The van der Waals surface area contributed by atoms with Crippen LogP contribution in [0.25, 0.3) is 0 Å². The lowest BCUT2D eigenvalue weighted by Crippen LogP contribution is -2.46. The first kappa shape index (κ1) is 17.5. The summed E-state index contributed by atoms with van der Waals surface area (Å²) in [5.74, 6) is -0.534. The molecule has 3 aromatic rings. The van der Waals surface area contributed by atoms with E-state index < -0.39 is 12.1 Å². The molecule has 1 atom stereocenters. The van der Waals surface area contributed by atoms with Gasteiger partial charge in [-0.05, 0) is 37.6 Å². The van der Waals surface area contributed by atoms with Gasteiger partial charge >= 0.3 is 0 Å². The highest BCUT2D eigenvalue weighted by atomic mass is 16.3. The first-order valence-electron chi connectivity index (χ1n) is 8.32. The molecule has 0 saturated heterocycles. The summed E-state index contributed by atoms with van der Waals surface area (Å²) < 4.78 is 5.12. The van der Waals surface area contributed by atoms with Crippen molar-refractivity contribution in [2.75, 3.05) is 5.32 Å². The van der Waals surface area contributed by atoms with Crippen molar-refractivity contribution in [3.63, 3.8) is 0 Å². The molecule has 0 spiro atoms. The molecule has 0 saturated carbocycles. The van der Waals surface area contributed by atoms with Crippen LogP contribution in [0.3, 0.4) is 0 Å². The van der Waals surface area contributed by atoms with Crippen LogP contribution in [0, 0.1) is 13.8 Å². The molecule has 0 aliphatic heterocycles. The number of aryl methyl sites for hydroxylation is 2. The highest BCUT2D eigenvalue weighted by molar-refractivity contribution is 6.04. The second kappa shape index (κ2) is 7.70. The Morgan fingerprint density at radius 3 is 2.31 bits per heavy atom. The minimum atomic E-state index is -0.920. The number of nitrogens with one attached hydrogen (secondary N) is 2. The zero-order valence-corrected chi connectivity index (χ0v) is 14.7. The van der Waals surface area contributed by atoms with Gasteiger partial charge in [0.05, 0.1) is 6.26 Å². The van der Waals surface area contributed by atoms with E-state index in [0.717, 1.165) is 16.8 Å². The van der Waals surface area contributed by atoms with E-state index in [1.54, 1.807) is 24.3 Å². The summed E-state index contributed by atoms with van der Waals surface area (Å²) in [6.45, 7) is 3.89. The van der Waals surface area contributed by atoms with Crippen LogP contribution in [0.5, 0.6) is 0 Å². The Kier molecular flexibility index (Phi) is 5.17. The summed E-state index contributed by atoms with van der Waals surface area (Å²) in [5.41, 5.74) is 3.32. The first-order chi connectivity index (χ1) is 12.5. The zero-order chi connectivity index (χ0) is 18.5. The van der Waals surface area contributed by atoms with Crippen molar-refractivity contribution >= 4 is 17.4 Å². The van der Waals surface area contributed by atoms with Crippen LogP contribution in [0.4, 0.5) is 5.69 Å². The van der Waals surface area contributed by atoms with Crippen LogP contribution < -0.4 is 10.6 Å². The van der Waals surface area contributed by atoms with Gasteiger partial charge in [-0.1, -0.05) is 48.0 Å². The maximum Gasteiger partial charge on any atom is 0.288 e. The Morgan fingerprint density at radius 1 is 0.923 bits per heavy atom. The lowest BCUT2D eigenvalue weighted by atomic mass is 10.1. The standard InChI is InChI=1S/C21H20N2O3/c1-14-9-11-16(12-10-14)19(24)20(22-17-7-4-3-6-15(17)2)23-21(25)18-8-5-13-26-18/h3-13,20,22H,1-2H3,(H,23,25). The largest absolute Gasteiger partial charge is 0.459 e. The van der Waals surface area contributed by atoms with Crippen molar-refractivity contribution in [3.05, 3.63) is 89.4 Å². The van der Waals surface area contributed by atoms with Crippen molar-refractivity contribution < 1.29 is 14.0 Å². The lowest BCUT2D eigenvalue weighted by Gasteiger charge is -2.21. The Hall–Kier alpha value is -3.34. The number of carbonyl (C=O) groups excluding carboxylic acids is 2. The second-order valence-corrected chi connectivity index (χ2v) is 6.07. The fraction of sp³-hybridized carbons (Fsp3) is 0.143. The summed E-state index contributed by atoms with van der Waals surface area (Å²) in [6, 6.07) is 18.0. The highest BCUT2D eigenvalue weighted by Crippen LogP contribution is 2.16. The predicted octanol–water partition coefficient (Wildman–Crippen LogP) is 3.95. The Balaban J connectivity index is 1.87. The maximum atomic E-state index is 13.0. The van der Waals surface area contributed by atoms with Crippen LogP contribution in [0.2, 0.25) is 0 Å². The smallest absolute Gasteiger partial charge is 0.288 e. The van der Waals surface area contributed by atoms with E-state index in [9.17, 15) is 9.59 Å². The van der Waals surface area contributed by atoms with Gasteiger partial charge in [-0.15, -0.1) is 0 Å². The van der Waals surface area contributed by atoms with Crippen LogP contribution in [0.15, 0.2) is 71.3 Å². The number of hydrogen-bond acceptors (Lipinski definition) is 4. The third-order valence-corrected chi connectivity index (χ3v) is 4.06. The minimum absolute atomic E-state index is 0.151. The molecule has 5 nitrogen and oxygen atoms in total. The second-order valence-electron chi connectivity index (χ2n) is 6.07. The minimum Gasteiger partial charge on any atom is -0.459 e. The SMILES string of the molecule is Cc1ccc(C(=O)C(NC(=O)c2ccco2)Nc2ccccc2C)cc1. The molecule has 0 bridgehead atoms. The molecule has 1 unspecified atom stereocenters. The number of amides is 1. The van der Waals surface area contributed by atoms with Gasteiger partial charge in [-0.3, -0.25) is 9.59 Å². The quantitative estimate of drug-likeness (QED) is 0.523. The summed E-state index contributed by atoms with van der Waals surface area (Å²) in [7, 11) is 0. The van der Waals surface area contributed by atoms with Crippen LogP contribution in [-0.4, -0.2) is 17.9 Å². The Labute approximate surface area is 152 Å². The average Bonchev–Trinajstić information content (AvgIpc) is 3.18. The van der Waals surface area contributed by atoms with Gasteiger partial charge in [0.15, 0.2) is 11.9 Å². The molecule has 0 radical (unpaired) electrons. The third-order valence-electron chi connectivity index (χ3n) is 4.06. The molecule has 0 aliphatic rings. The van der Waals surface area contributed by atoms with E-state index >= 15 is 0 Å². The lowest BCUT2D eigenvalue weighted by molar-refractivity contribution is 0.0852. The van der Waals surface area contributed by atoms with Crippen LogP contribution in [0.1, 0.15) is 32.0 Å². The number of furan rings is 1. The fourth-order valence-electron chi connectivity index (χ4n) is 2.55. The fourth-order valence-corrected chi connectivity index (χ4v) is 2.55. The van der Waals surface area contributed by atoms with Gasteiger partial charge in [0.1, 0.15) is 0 Å². The number of benzene rings is 2. The van der Waals surface area contributed by atoms with E-state index in [1.165, 1.54) is 6.26 Å². The number of ketones is 1. The number of anilines is 1. The molecule has 3 rings (SSSR count). The van der Waals surface area contributed by atoms with Crippen LogP contribution >= 0.6 is 0 Å². The topological polar surface area (TPSA) is 71.3 Å². The number of hydrogen-bond donors (Lipinski definition) is 2. The Bertz CT molecular complexity index is 899. The molecular weight excluding hydrogens is 328 g/mol. The molecule has 2 N–H and O–H groups in total. The van der Waals surface area contributed by atoms with E-state index in [2.05, 4.69) is 10.6 Å². The molecule has 1 aromatic heterocycles. The van der Waals surface area contributed by atoms with Gasteiger partial charge in [0, 0.05) is 11.3 Å². The summed E-state index contributed by atoms with van der Waals surface area (Å²) in [6.07, 6.45) is 0.497. The number of Topliss-reactive ketones (excluding diaryl/α,β-unsaturated/α-hetero) is 1. The van der Waals surface area contributed by atoms with Crippen molar-refractivity contribution in [1.29, 1.82) is 0 Å². The van der Waals surface area contributed by atoms with Gasteiger partial charge in [0.2, 0.25) is 5.78 Å². The van der Waals surface area contributed by atoms with Crippen molar-refractivity contribution in [2.45, 2.75) is 20.0 Å². The number of rotatable bonds is 6. The summed E-state index contributed by atoms with van der Waals surface area (Å²) in [5, 5.41) is 5.84. The van der Waals surface area contributed by atoms with E-state index in [0.29, 0.717) is 5.56 Å². The predicted molar refractivity (Wildman–Crippen MR) is 100 cm³/mol. The van der Waals surface area contributed by atoms with E-state index in [1.807, 2.05) is 50.2 Å². The molecule has 0 fully saturated rings. The van der Waals surface area contributed by atoms with Crippen molar-refractivity contribution in [1.82, 2.24) is 5.32 Å². The van der Waals surface area contributed by atoms with Gasteiger partial charge in [-0.2, -0.15) is 0 Å². The van der Waals surface area contributed by atoms with Gasteiger partial charge in [0.25, 0.3) is 5.91 Å². The van der Waals surface area contributed by atoms with Crippen LogP contribution in [-0.2, 0) is 0 Å². The molecule has 5 heteroatoms. The Morgan fingerprint density at radius 2 is 1.65 bits per heavy atom. The molecule has 2 aromatic carbocycles.